The molecule has 1 aliphatic carbocycles. The van der Waals surface area contributed by atoms with Gasteiger partial charge >= 0.3 is 0 Å². The van der Waals surface area contributed by atoms with Crippen LogP contribution in [0.2, 0.25) is 0 Å². The van der Waals surface area contributed by atoms with Crippen LogP contribution in [0.4, 0.5) is 8.78 Å². The van der Waals surface area contributed by atoms with Gasteiger partial charge in [-0.2, -0.15) is 0 Å². The van der Waals surface area contributed by atoms with Crippen molar-refractivity contribution < 1.29 is 28.0 Å². The fourth-order valence-electron chi connectivity index (χ4n) is 4.37. The number of nitrogens with zero attached hydrogens (tertiary/aromatic N) is 1. The molecule has 1 aromatic rings. The highest BCUT2D eigenvalue weighted by Crippen LogP contribution is 2.37. The fraction of sp³-hybridized carbons (Fsp3) is 0.524. The highest BCUT2D eigenvalue weighted by atomic mass is 19.3. The smallest absolute Gasteiger partial charge is 0.262 e. The minimum absolute atomic E-state index is 0.0613. The number of carbonyl (C=O) groups excluding carboxylic acids is 4. The van der Waals surface area contributed by atoms with Gasteiger partial charge in [-0.05, 0) is 37.0 Å². The largest absolute Gasteiger partial charge is 0.324 e. The van der Waals surface area contributed by atoms with Gasteiger partial charge < -0.3 is 11.1 Å². The Balaban J connectivity index is 1.40. The number of amides is 4. The topological polar surface area (TPSA) is 122 Å². The van der Waals surface area contributed by atoms with Crippen molar-refractivity contribution in [3.05, 3.63) is 34.9 Å². The summed E-state index contributed by atoms with van der Waals surface area (Å²) in [6.07, 6.45) is 0.164. The first-order valence-electron chi connectivity index (χ1n) is 10.3. The molecular weight excluding hydrogens is 410 g/mol. The van der Waals surface area contributed by atoms with Gasteiger partial charge in [0.1, 0.15) is 6.04 Å². The average molecular weight is 434 g/mol. The van der Waals surface area contributed by atoms with E-state index in [0.717, 1.165) is 10.5 Å². The molecule has 1 unspecified atom stereocenters. The number of hydrogen-bond acceptors (Lipinski definition) is 6. The second-order valence-corrected chi connectivity index (χ2v) is 8.65. The maximum Gasteiger partial charge on any atom is 0.262 e. The van der Waals surface area contributed by atoms with E-state index in [4.69, 9.17) is 5.73 Å². The number of alkyl halides is 2. The molecule has 4 amide bonds. The van der Waals surface area contributed by atoms with Crippen LogP contribution in [-0.2, 0) is 16.1 Å². The summed E-state index contributed by atoms with van der Waals surface area (Å²) in [5.74, 6) is -4.85. The van der Waals surface area contributed by atoms with Crippen molar-refractivity contribution in [3.63, 3.8) is 0 Å². The molecule has 10 heteroatoms. The lowest BCUT2D eigenvalue weighted by Crippen LogP contribution is -2.54. The minimum atomic E-state index is -2.65. The molecule has 0 spiro atoms. The Bertz CT molecular complexity index is 955. The number of nitrogens with one attached hydrogen (secondary N) is 2. The van der Waals surface area contributed by atoms with E-state index in [1.54, 1.807) is 12.1 Å². The Hall–Kier alpha value is -2.72. The fourth-order valence-corrected chi connectivity index (χ4v) is 4.37. The maximum atomic E-state index is 13.4. The quantitative estimate of drug-likeness (QED) is 0.597. The molecular formula is C21H24F2N4O4. The van der Waals surface area contributed by atoms with Crippen LogP contribution in [0.25, 0.3) is 0 Å². The van der Waals surface area contributed by atoms with Crippen LogP contribution in [0.5, 0.6) is 0 Å². The number of rotatable bonds is 5. The van der Waals surface area contributed by atoms with Gasteiger partial charge in [-0.1, -0.05) is 6.07 Å². The Morgan fingerprint density at radius 1 is 1.06 bits per heavy atom. The van der Waals surface area contributed by atoms with E-state index < -0.39 is 41.1 Å². The molecule has 1 aromatic carbocycles. The molecule has 1 atom stereocenters. The van der Waals surface area contributed by atoms with E-state index in [-0.39, 0.29) is 49.7 Å². The van der Waals surface area contributed by atoms with Crippen molar-refractivity contribution in [1.29, 1.82) is 0 Å². The zero-order chi connectivity index (χ0) is 22.4. The Labute approximate surface area is 177 Å². The average Bonchev–Trinajstić information content (AvgIpc) is 2.95. The summed E-state index contributed by atoms with van der Waals surface area (Å²) in [6, 6.07) is 3.82. The minimum Gasteiger partial charge on any atom is -0.324 e. The van der Waals surface area contributed by atoms with Crippen LogP contribution in [0.1, 0.15) is 64.8 Å². The van der Waals surface area contributed by atoms with Crippen molar-refractivity contribution in [2.45, 2.75) is 62.6 Å². The zero-order valence-electron chi connectivity index (χ0n) is 16.9. The van der Waals surface area contributed by atoms with Crippen LogP contribution in [0.3, 0.4) is 0 Å². The van der Waals surface area contributed by atoms with Crippen LogP contribution < -0.4 is 16.4 Å². The van der Waals surface area contributed by atoms with Gasteiger partial charge in [-0.25, -0.2) is 8.78 Å². The van der Waals surface area contributed by atoms with Crippen LogP contribution in [-0.4, -0.2) is 52.6 Å². The molecule has 166 valence electrons. The van der Waals surface area contributed by atoms with Crippen molar-refractivity contribution >= 4 is 23.6 Å². The lowest BCUT2D eigenvalue weighted by Gasteiger charge is -2.37. The first-order chi connectivity index (χ1) is 14.6. The summed E-state index contributed by atoms with van der Waals surface area (Å²) < 4.78 is 26.7. The van der Waals surface area contributed by atoms with Gasteiger partial charge in [0, 0.05) is 37.9 Å². The molecule has 3 aliphatic rings. The molecule has 2 heterocycles. The Morgan fingerprint density at radius 3 is 2.42 bits per heavy atom. The second-order valence-electron chi connectivity index (χ2n) is 8.65. The molecule has 1 saturated carbocycles. The number of carbonyl (C=O) groups is 4. The van der Waals surface area contributed by atoms with E-state index in [9.17, 15) is 28.0 Å². The number of fused-ring (bicyclic) bond motifs is 1. The van der Waals surface area contributed by atoms with Gasteiger partial charge in [0.15, 0.2) is 0 Å². The lowest BCUT2D eigenvalue weighted by atomic mass is 9.80. The van der Waals surface area contributed by atoms with Crippen molar-refractivity contribution in [2.24, 2.45) is 5.73 Å². The van der Waals surface area contributed by atoms with E-state index in [0.29, 0.717) is 13.1 Å². The number of halogens is 2. The number of piperidine rings is 1. The zero-order valence-corrected chi connectivity index (χ0v) is 16.9. The van der Waals surface area contributed by atoms with Gasteiger partial charge in [0.2, 0.25) is 17.7 Å². The third kappa shape index (κ3) is 4.22. The second kappa shape index (κ2) is 7.76. The van der Waals surface area contributed by atoms with Gasteiger partial charge in [0.25, 0.3) is 11.8 Å². The predicted octanol–water partition coefficient (Wildman–Crippen LogP) is 1.08. The van der Waals surface area contributed by atoms with Crippen molar-refractivity contribution in [2.75, 3.05) is 6.54 Å². The maximum absolute atomic E-state index is 13.4. The first kappa shape index (κ1) is 21.5. The molecule has 2 fully saturated rings. The molecule has 8 nitrogen and oxygen atoms in total. The normalized spacial score (nSPS) is 24.9. The highest BCUT2D eigenvalue weighted by molar-refractivity contribution is 6.23. The Morgan fingerprint density at radius 2 is 1.74 bits per heavy atom. The number of imide groups is 2. The summed E-state index contributed by atoms with van der Waals surface area (Å²) in [4.78, 5) is 49.9. The first-order valence-corrected chi connectivity index (χ1v) is 10.3. The van der Waals surface area contributed by atoms with Crippen molar-refractivity contribution in [1.82, 2.24) is 15.5 Å². The lowest BCUT2D eigenvalue weighted by molar-refractivity contribution is -0.136. The van der Waals surface area contributed by atoms with Gasteiger partial charge in [-0.3, -0.25) is 29.4 Å². The molecule has 4 rings (SSSR count). The van der Waals surface area contributed by atoms with Crippen molar-refractivity contribution in [3.8, 4) is 0 Å². The number of hydrogen-bond donors (Lipinski definition) is 3. The van der Waals surface area contributed by atoms with E-state index in [2.05, 4.69) is 10.6 Å². The van der Waals surface area contributed by atoms with Gasteiger partial charge in [-0.15, -0.1) is 0 Å². The SMILES string of the molecule is NC1(CNCc2ccc3c(c2)C(=O)N(C2CCC(=O)NC2=O)C3=O)CCC(F)(F)CC1. The molecule has 0 radical (unpaired) electrons. The summed E-state index contributed by atoms with van der Waals surface area (Å²) >= 11 is 0. The van der Waals surface area contributed by atoms with Crippen LogP contribution in [0, 0.1) is 0 Å². The molecule has 1 saturated heterocycles. The summed E-state index contributed by atoms with van der Waals surface area (Å²) in [6.45, 7) is 0.706. The molecule has 31 heavy (non-hydrogen) atoms. The van der Waals surface area contributed by atoms with Crippen LogP contribution >= 0.6 is 0 Å². The number of nitrogens with two attached hydrogens (primary N) is 1. The third-order valence-electron chi connectivity index (χ3n) is 6.29. The molecule has 0 bridgehead atoms. The Kier molecular flexibility index (Phi) is 5.38. The van der Waals surface area contributed by atoms with E-state index in [1.807, 2.05) is 0 Å². The monoisotopic (exact) mass is 434 g/mol. The standard InChI is InChI=1S/C21H24F2N4O4/c22-21(23)7-5-20(24,6-8-21)11-25-10-12-1-2-13-14(9-12)19(31)27(18(13)30)15-3-4-16(28)26-17(15)29/h1-2,9,15,25H,3-8,10-11,24H2,(H,26,28,29). The predicted molar refractivity (Wildman–Crippen MR) is 105 cm³/mol. The molecule has 2 aliphatic heterocycles. The van der Waals surface area contributed by atoms with E-state index in [1.165, 1.54) is 6.07 Å². The summed E-state index contributed by atoms with van der Waals surface area (Å²) in [5.41, 5.74) is 6.68. The van der Waals surface area contributed by atoms with Gasteiger partial charge in [0.05, 0.1) is 11.1 Å². The molecule has 4 N–H and O–H groups in total. The summed E-state index contributed by atoms with van der Waals surface area (Å²) in [7, 11) is 0. The van der Waals surface area contributed by atoms with E-state index >= 15 is 0 Å². The molecule has 0 aromatic heterocycles. The number of benzene rings is 1. The van der Waals surface area contributed by atoms with Crippen LogP contribution in [0.15, 0.2) is 18.2 Å². The highest BCUT2D eigenvalue weighted by Gasteiger charge is 2.45. The third-order valence-corrected chi connectivity index (χ3v) is 6.29. The summed E-state index contributed by atoms with van der Waals surface area (Å²) in [5, 5.41) is 5.32.